The van der Waals surface area contributed by atoms with Crippen LogP contribution < -0.4 is 5.69 Å². The highest BCUT2D eigenvalue weighted by molar-refractivity contribution is 5.06. The van der Waals surface area contributed by atoms with Crippen molar-refractivity contribution in [3.05, 3.63) is 27.9 Å². The van der Waals surface area contributed by atoms with E-state index in [1.165, 1.54) is 0 Å². The van der Waals surface area contributed by atoms with Gasteiger partial charge in [0.1, 0.15) is 0 Å². The minimum absolute atomic E-state index is 0.230. The normalized spacial score (nSPS) is 11.2. The van der Waals surface area contributed by atoms with Gasteiger partial charge in [0.05, 0.1) is 11.5 Å². The number of aromatic nitrogens is 2. The third-order valence-electron chi connectivity index (χ3n) is 2.61. The molecule has 1 aromatic heterocycles. The number of nitriles is 1. The van der Waals surface area contributed by atoms with E-state index >= 15 is 0 Å². The molecule has 1 rings (SSSR count). The summed E-state index contributed by atoms with van der Waals surface area (Å²) < 4.78 is 1.62. The van der Waals surface area contributed by atoms with Gasteiger partial charge in [0.2, 0.25) is 0 Å². The van der Waals surface area contributed by atoms with Gasteiger partial charge in [0, 0.05) is 17.9 Å². The summed E-state index contributed by atoms with van der Waals surface area (Å²) in [6.07, 6.45) is 0.648. The summed E-state index contributed by atoms with van der Waals surface area (Å²) >= 11 is 0. The van der Waals surface area contributed by atoms with Crippen molar-refractivity contribution in [2.24, 2.45) is 5.41 Å². The van der Waals surface area contributed by atoms with E-state index in [1.54, 1.807) is 11.5 Å². The van der Waals surface area contributed by atoms with Crippen molar-refractivity contribution in [2.75, 3.05) is 0 Å². The van der Waals surface area contributed by atoms with Crippen LogP contribution in [-0.4, -0.2) is 9.55 Å². The molecule has 0 aromatic carbocycles. The van der Waals surface area contributed by atoms with Crippen LogP contribution in [0.5, 0.6) is 0 Å². The number of hydrogen-bond acceptors (Lipinski definition) is 3. The molecule has 0 spiro atoms. The predicted molar refractivity (Wildman–Crippen MR) is 62.0 cm³/mol. The van der Waals surface area contributed by atoms with E-state index < -0.39 is 5.41 Å². The van der Waals surface area contributed by atoms with Gasteiger partial charge in [-0.2, -0.15) is 10.2 Å². The average molecular weight is 219 g/mol. The lowest BCUT2D eigenvalue weighted by Gasteiger charge is -2.16. The summed E-state index contributed by atoms with van der Waals surface area (Å²) in [6.45, 7) is 7.97. The van der Waals surface area contributed by atoms with Gasteiger partial charge >= 0.3 is 5.69 Å². The van der Waals surface area contributed by atoms with Crippen molar-refractivity contribution in [1.82, 2.24) is 9.55 Å². The first-order chi connectivity index (χ1) is 7.35. The molecule has 4 heteroatoms. The quantitative estimate of drug-likeness (QED) is 0.778. The summed E-state index contributed by atoms with van der Waals surface area (Å²) in [7, 11) is 0. The Kier molecular flexibility index (Phi) is 3.48. The van der Waals surface area contributed by atoms with Crippen LogP contribution in [0.2, 0.25) is 0 Å². The second-order valence-electron chi connectivity index (χ2n) is 4.72. The van der Waals surface area contributed by atoms with E-state index in [-0.39, 0.29) is 5.69 Å². The van der Waals surface area contributed by atoms with Crippen LogP contribution in [0.15, 0.2) is 10.9 Å². The van der Waals surface area contributed by atoms with Crippen LogP contribution in [0.4, 0.5) is 0 Å². The lowest BCUT2D eigenvalue weighted by atomic mass is 9.91. The summed E-state index contributed by atoms with van der Waals surface area (Å²) in [6, 6.07) is 4.10. The lowest BCUT2D eigenvalue weighted by Crippen LogP contribution is -2.27. The van der Waals surface area contributed by atoms with Gasteiger partial charge in [0.15, 0.2) is 0 Å². The molecule has 0 N–H and O–H groups in total. The molecule has 0 radical (unpaired) electrons. The van der Waals surface area contributed by atoms with Crippen molar-refractivity contribution < 1.29 is 0 Å². The average Bonchev–Trinajstić information content (AvgIpc) is 2.16. The Hall–Kier alpha value is -1.63. The van der Waals surface area contributed by atoms with E-state index in [1.807, 2.05) is 26.8 Å². The third kappa shape index (κ3) is 2.93. The molecule has 0 atom stereocenters. The molecular formula is C12H17N3O. The minimum Gasteiger partial charge on any atom is -0.297 e. The third-order valence-corrected chi connectivity index (χ3v) is 2.61. The van der Waals surface area contributed by atoms with Crippen LogP contribution in [-0.2, 0) is 6.54 Å². The maximum atomic E-state index is 11.6. The fourth-order valence-corrected chi connectivity index (χ4v) is 1.49. The Balaban J connectivity index is 2.92. The number of aryl methyl sites for hydroxylation is 2. The van der Waals surface area contributed by atoms with E-state index in [9.17, 15) is 4.79 Å². The van der Waals surface area contributed by atoms with Crippen molar-refractivity contribution >= 4 is 0 Å². The Bertz CT molecular complexity index is 480. The Morgan fingerprint density at radius 2 is 2.12 bits per heavy atom. The minimum atomic E-state index is -0.406. The van der Waals surface area contributed by atoms with Gasteiger partial charge in [-0.1, -0.05) is 0 Å². The standard InChI is InChI=1S/C12H17N3O/c1-9-7-10(2)15(11(16)14-9)6-5-12(3,4)8-13/h7H,5-6H2,1-4H3. The van der Waals surface area contributed by atoms with Crippen LogP contribution in [0, 0.1) is 30.6 Å². The molecular weight excluding hydrogens is 202 g/mol. The Labute approximate surface area is 95.6 Å². The highest BCUT2D eigenvalue weighted by Crippen LogP contribution is 2.19. The number of hydrogen-bond donors (Lipinski definition) is 0. The molecule has 0 saturated heterocycles. The maximum absolute atomic E-state index is 11.6. The van der Waals surface area contributed by atoms with Crippen LogP contribution in [0.25, 0.3) is 0 Å². The fourth-order valence-electron chi connectivity index (χ4n) is 1.49. The lowest BCUT2D eigenvalue weighted by molar-refractivity contribution is 0.403. The monoisotopic (exact) mass is 219 g/mol. The molecule has 0 amide bonds. The van der Waals surface area contributed by atoms with Gasteiger partial charge in [0.25, 0.3) is 0 Å². The summed E-state index contributed by atoms with van der Waals surface area (Å²) in [5.41, 5.74) is 0.993. The Morgan fingerprint density at radius 3 is 2.62 bits per heavy atom. The first-order valence-electron chi connectivity index (χ1n) is 5.32. The Morgan fingerprint density at radius 1 is 1.50 bits per heavy atom. The summed E-state index contributed by atoms with van der Waals surface area (Å²) in [5, 5.41) is 8.90. The first-order valence-corrected chi connectivity index (χ1v) is 5.32. The van der Waals surface area contributed by atoms with Crippen LogP contribution in [0.1, 0.15) is 31.7 Å². The summed E-state index contributed by atoms with van der Waals surface area (Å²) in [4.78, 5) is 15.5. The van der Waals surface area contributed by atoms with E-state index in [2.05, 4.69) is 11.1 Å². The molecule has 0 aliphatic carbocycles. The van der Waals surface area contributed by atoms with Crippen LogP contribution in [0.3, 0.4) is 0 Å². The van der Waals surface area contributed by atoms with Crippen molar-refractivity contribution in [3.63, 3.8) is 0 Å². The van der Waals surface area contributed by atoms with E-state index in [0.29, 0.717) is 13.0 Å². The zero-order valence-electron chi connectivity index (χ0n) is 10.2. The molecule has 86 valence electrons. The second kappa shape index (κ2) is 4.48. The number of nitrogens with zero attached hydrogens (tertiary/aromatic N) is 3. The highest BCUT2D eigenvalue weighted by atomic mass is 16.1. The van der Waals surface area contributed by atoms with E-state index in [0.717, 1.165) is 11.4 Å². The highest BCUT2D eigenvalue weighted by Gasteiger charge is 2.17. The maximum Gasteiger partial charge on any atom is 0.347 e. The molecule has 0 aliphatic rings. The molecule has 0 saturated carbocycles. The largest absolute Gasteiger partial charge is 0.347 e. The van der Waals surface area contributed by atoms with E-state index in [4.69, 9.17) is 5.26 Å². The number of rotatable bonds is 3. The molecule has 4 nitrogen and oxygen atoms in total. The second-order valence-corrected chi connectivity index (χ2v) is 4.72. The topological polar surface area (TPSA) is 58.7 Å². The van der Waals surface area contributed by atoms with Crippen molar-refractivity contribution in [3.8, 4) is 6.07 Å². The SMILES string of the molecule is Cc1cc(C)n(CCC(C)(C)C#N)c(=O)n1. The van der Waals surface area contributed by atoms with Gasteiger partial charge in [-0.25, -0.2) is 4.79 Å². The zero-order valence-corrected chi connectivity index (χ0v) is 10.2. The van der Waals surface area contributed by atoms with Crippen molar-refractivity contribution in [2.45, 2.75) is 40.7 Å². The molecule has 1 heterocycles. The first kappa shape index (κ1) is 12.4. The predicted octanol–water partition coefficient (Wildman–Crippen LogP) is 1.80. The zero-order chi connectivity index (χ0) is 12.3. The molecule has 0 bridgehead atoms. The van der Waals surface area contributed by atoms with Gasteiger partial charge in [-0.3, -0.25) is 4.57 Å². The molecule has 0 fully saturated rings. The van der Waals surface area contributed by atoms with Crippen molar-refractivity contribution in [1.29, 1.82) is 5.26 Å². The molecule has 0 unspecified atom stereocenters. The molecule has 0 aliphatic heterocycles. The van der Waals surface area contributed by atoms with Gasteiger partial charge in [-0.15, -0.1) is 0 Å². The molecule has 16 heavy (non-hydrogen) atoms. The van der Waals surface area contributed by atoms with Gasteiger partial charge < -0.3 is 0 Å². The van der Waals surface area contributed by atoms with Gasteiger partial charge in [-0.05, 0) is 40.2 Å². The smallest absolute Gasteiger partial charge is 0.297 e. The summed E-state index contributed by atoms with van der Waals surface area (Å²) in [5.74, 6) is 0. The fraction of sp³-hybridized carbons (Fsp3) is 0.583. The van der Waals surface area contributed by atoms with Crippen LogP contribution >= 0.6 is 0 Å². The molecule has 1 aromatic rings.